The van der Waals surface area contributed by atoms with Gasteiger partial charge in [-0.15, -0.1) is 0 Å². The van der Waals surface area contributed by atoms with Gasteiger partial charge in [-0.1, -0.05) is 18.2 Å². The summed E-state index contributed by atoms with van der Waals surface area (Å²) >= 11 is 0. The molecule has 0 radical (unpaired) electrons. The van der Waals surface area contributed by atoms with Crippen LogP contribution in [0.2, 0.25) is 0 Å². The molecule has 0 bridgehead atoms. The highest BCUT2D eigenvalue weighted by Crippen LogP contribution is 2.22. The standard InChI is InChI=1S/C19H27NO4/c1-19(2,3)24-17(21)13-20-15-9-11-16(12-10-15)23-18(22)14-7-5-4-6-8-14/h4-8,15-16,20H,9-13H2,1-3H3/t15-,16+. The molecule has 1 fully saturated rings. The minimum Gasteiger partial charge on any atom is -0.459 e. The molecule has 0 atom stereocenters. The van der Waals surface area contributed by atoms with Crippen LogP contribution < -0.4 is 5.32 Å². The molecule has 132 valence electrons. The third kappa shape index (κ3) is 6.32. The van der Waals surface area contributed by atoms with E-state index in [0.717, 1.165) is 25.7 Å². The summed E-state index contributed by atoms with van der Waals surface area (Å²) in [5.74, 6) is -0.499. The van der Waals surface area contributed by atoms with Crippen LogP contribution in [-0.2, 0) is 14.3 Å². The lowest BCUT2D eigenvalue weighted by atomic mass is 9.93. The van der Waals surface area contributed by atoms with Crippen LogP contribution in [-0.4, -0.2) is 36.2 Å². The molecule has 0 saturated heterocycles. The Bertz CT molecular complexity index is 542. The number of nitrogens with one attached hydrogen (secondary N) is 1. The summed E-state index contributed by atoms with van der Waals surface area (Å²) < 4.78 is 10.8. The molecule has 0 aromatic heterocycles. The number of ether oxygens (including phenoxy) is 2. The van der Waals surface area contributed by atoms with Crippen LogP contribution in [0, 0.1) is 0 Å². The molecule has 5 nitrogen and oxygen atoms in total. The van der Waals surface area contributed by atoms with Gasteiger partial charge in [0.2, 0.25) is 0 Å². The topological polar surface area (TPSA) is 64.6 Å². The first-order chi connectivity index (χ1) is 11.3. The number of carbonyl (C=O) groups excluding carboxylic acids is 2. The molecule has 24 heavy (non-hydrogen) atoms. The lowest BCUT2D eigenvalue weighted by Gasteiger charge is -2.29. The van der Waals surface area contributed by atoms with Gasteiger partial charge >= 0.3 is 11.9 Å². The van der Waals surface area contributed by atoms with Crippen molar-refractivity contribution in [2.45, 2.75) is 64.2 Å². The molecule has 0 heterocycles. The van der Waals surface area contributed by atoms with Crippen LogP contribution >= 0.6 is 0 Å². The minimum absolute atomic E-state index is 0.0442. The van der Waals surface area contributed by atoms with Crippen LogP contribution in [0.15, 0.2) is 30.3 Å². The molecule has 1 aromatic rings. The molecule has 1 aliphatic rings. The van der Waals surface area contributed by atoms with Gasteiger partial charge < -0.3 is 14.8 Å². The number of hydrogen-bond acceptors (Lipinski definition) is 5. The van der Waals surface area contributed by atoms with Gasteiger partial charge in [-0.3, -0.25) is 4.79 Å². The van der Waals surface area contributed by atoms with Crippen LogP contribution in [0.4, 0.5) is 0 Å². The molecule has 1 saturated carbocycles. The average Bonchev–Trinajstić information content (AvgIpc) is 2.53. The Morgan fingerprint density at radius 2 is 1.71 bits per heavy atom. The zero-order valence-electron chi connectivity index (χ0n) is 14.7. The van der Waals surface area contributed by atoms with Gasteiger partial charge in [0.1, 0.15) is 11.7 Å². The normalized spacial score (nSPS) is 21.1. The van der Waals surface area contributed by atoms with Crippen LogP contribution in [0.5, 0.6) is 0 Å². The van der Waals surface area contributed by atoms with Gasteiger partial charge in [0, 0.05) is 6.04 Å². The van der Waals surface area contributed by atoms with E-state index in [4.69, 9.17) is 9.47 Å². The second kappa shape index (κ2) is 8.29. The number of carbonyl (C=O) groups is 2. The first-order valence-corrected chi connectivity index (χ1v) is 8.55. The maximum atomic E-state index is 12.0. The molecule has 1 aliphatic carbocycles. The number of esters is 2. The highest BCUT2D eigenvalue weighted by molar-refractivity contribution is 5.89. The maximum absolute atomic E-state index is 12.0. The second-order valence-corrected chi connectivity index (χ2v) is 7.21. The number of benzene rings is 1. The van der Waals surface area contributed by atoms with Crippen molar-refractivity contribution in [2.24, 2.45) is 0 Å². The van der Waals surface area contributed by atoms with Crippen LogP contribution in [0.3, 0.4) is 0 Å². The van der Waals surface area contributed by atoms with Crippen molar-refractivity contribution in [2.75, 3.05) is 6.54 Å². The zero-order chi connectivity index (χ0) is 17.6. The van der Waals surface area contributed by atoms with E-state index < -0.39 is 5.60 Å². The van der Waals surface area contributed by atoms with E-state index >= 15 is 0 Å². The Morgan fingerprint density at radius 1 is 1.08 bits per heavy atom. The molecule has 0 aliphatic heterocycles. The molecule has 0 amide bonds. The Morgan fingerprint density at radius 3 is 2.29 bits per heavy atom. The first kappa shape index (κ1) is 18.5. The van der Waals surface area contributed by atoms with E-state index in [0.29, 0.717) is 5.56 Å². The van der Waals surface area contributed by atoms with Gasteiger partial charge in [0.25, 0.3) is 0 Å². The molecule has 5 heteroatoms. The summed E-state index contributed by atoms with van der Waals surface area (Å²) in [7, 11) is 0. The number of hydrogen-bond donors (Lipinski definition) is 1. The van der Waals surface area contributed by atoms with Gasteiger partial charge in [-0.2, -0.15) is 0 Å². The van der Waals surface area contributed by atoms with Crippen molar-refractivity contribution in [3.05, 3.63) is 35.9 Å². The Hall–Kier alpha value is -1.88. The van der Waals surface area contributed by atoms with Crippen LogP contribution in [0.25, 0.3) is 0 Å². The predicted molar refractivity (Wildman–Crippen MR) is 91.7 cm³/mol. The lowest BCUT2D eigenvalue weighted by molar-refractivity contribution is -0.153. The van der Waals surface area contributed by atoms with Gasteiger partial charge in [-0.05, 0) is 58.6 Å². The fraction of sp³-hybridized carbons (Fsp3) is 0.579. The Kier molecular flexibility index (Phi) is 6.37. The van der Waals surface area contributed by atoms with Crippen molar-refractivity contribution in [3.8, 4) is 0 Å². The predicted octanol–water partition coefficient (Wildman–Crippen LogP) is 3.09. The third-order valence-corrected chi connectivity index (χ3v) is 3.91. The molecular formula is C19H27NO4. The first-order valence-electron chi connectivity index (χ1n) is 8.55. The molecule has 1 aromatic carbocycles. The smallest absolute Gasteiger partial charge is 0.338 e. The zero-order valence-corrected chi connectivity index (χ0v) is 14.7. The number of rotatable bonds is 5. The van der Waals surface area contributed by atoms with Gasteiger partial charge in [0.05, 0.1) is 12.1 Å². The molecule has 0 spiro atoms. The highest BCUT2D eigenvalue weighted by Gasteiger charge is 2.25. The Labute approximate surface area is 143 Å². The van der Waals surface area contributed by atoms with Crippen molar-refractivity contribution in [3.63, 3.8) is 0 Å². The SMILES string of the molecule is CC(C)(C)OC(=O)CN[C@H]1CC[C@@H](OC(=O)c2ccccc2)CC1. The van der Waals surface area contributed by atoms with E-state index in [2.05, 4.69) is 5.32 Å². The van der Waals surface area contributed by atoms with Crippen molar-refractivity contribution in [1.29, 1.82) is 0 Å². The molecular weight excluding hydrogens is 306 g/mol. The monoisotopic (exact) mass is 333 g/mol. The summed E-state index contributed by atoms with van der Waals surface area (Å²) in [6.07, 6.45) is 3.34. The summed E-state index contributed by atoms with van der Waals surface area (Å²) in [6, 6.07) is 9.32. The fourth-order valence-electron chi connectivity index (χ4n) is 2.78. The Balaban J connectivity index is 1.68. The summed E-state index contributed by atoms with van der Waals surface area (Å²) in [5, 5.41) is 3.23. The van der Waals surface area contributed by atoms with Crippen molar-refractivity contribution < 1.29 is 19.1 Å². The largest absolute Gasteiger partial charge is 0.459 e. The second-order valence-electron chi connectivity index (χ2n) is 7.21. The van der Waals surface area contributed by atoms with Gasteiger partial charge in [-0.25, -0.2) is 4.79 Å². The molecule has 0 unspecified atom stereocenters. The lowest BCUT2D eigenvalue weighted by Crippen LogP contribution is -2.40. The summed E-state index contributed by atoms with van der Waals surface area (Å²) in [5.41, 5.74) is 0.130. The average molecular weight is 333 g/mol. The van der Waals surface area contributed by atoms with E-state index in [-0.39, 0.29) is 30.6 Å². The van der Waals surface area contributed by atoms with E-state index in [9.17, 15) is 9.59 Å². The van der Waals surface area contributed by atoms with Gasteiger partial charge in [0.15, 0.2) is 0 Å². The molecule has 2 rings (SSSR count). The van der Waals surface area contributed by atoms with Crippen molar-refractivity contribution in [1.82, 2.24) is 5.32 Å². The minimum atomic E-state index is -0.456. The molecule has 1 N–H and O–H groups in total. The highest BCUT2D eigenvalue weighted by atomic mass is 16.6. The summed E-state index contributed by atoms with van der Waals surface area (Å²) in [6.45, 7) is 5.79. The quantitative estimate of drug-likeness (QED) is 0.839. The van der Waals surface area contributed by atoms with E-state index in [1.165, 1.54) is 0 Å². The van der Waals surface area contributed by atoms with Crippen LogP contribution in [0.1, 0.15) is 56.8 Å². The third-order valence-electron chi connectivity index (χ3n) is 3.91. The van der Waals surface area contributed by atoms with Crippen molar-refractivity contribution >= 4 is 11.9 Å². The summed E-state index contributed by atoms with van der Waals surface area (Å²) in [4.78, 5) is 23.8. The van der Waals surface area contributed by atoms with E-state index in [1.54, 1.807) is 12.1 Å². The van der Waals surface area contributed by atoms with E-state index in [1.807, 2.05) is 39.0 Å². The maximum Gasteiger partial charge on any atom is 0.338 e. The fourth-order valence-corrected chi connectivity index (χ4v) is 2.78.